The maximum Gasteiger partial charge on any atom is 0.266 e. The van der Waals surface area contributed by atoms with Crippen molar-refractivity contribution in [3.05, 3.63) is 53.9 Å². The van der Waals surface area contributed by atoms with Crippen molar-refractivity contribution in [3.8, 4) is 22.6 Å². The average Bonchev–Trinajstić information content (AvgIpc) is 3.35. The number of aryl methyl sites for hydroxylation is 1. The Morgan fingerprint density at radius 1 is 1.18 bits per heavy atom. The summed E-state index contributed by atoms with van der Waals surface area (Å²) in [6.45, 7) is 1.27. The Bertz CT molecular complexity index is 1620. The number of Topliss-reactive ketones (excluding diaryl/α,β-unsaturated/α-hetero) is 2. The van der Waals surface area contributed by atoms with Crippen LogP contribution < -0.4 is 4.90 Å². The molecule has 2 aliphatic rings. The van der Waals surface area contributed by atoms with Crippen LogP contribution in [0.15, 0.2) is 36.8 Å². The number of aromatic nitrogens is 4. The maximum absolute atomic E-state index is 16.0. The standard InChI is InChI=1S/C29H28F3N5O2/c1-3-24(38)19-14-34-22(13-25(39)16-4-5-16)27-18(19)12-21(35-27)26-20(30)10-17(28-33-7-9-36(28)2)11-23(26)37-8-6-29(31,32)15-37/h7,9-12,14,16,35H,3-6,8,13,15H2,1-2H3. The van der Waals surface area contributed by atoms with Gasteiger partial charge in [-0.25, -0.2) is 18.2 Å². The van der Waals surface area contributed by atoms with E-state index in [1.54, 1.807) is 43.1 Å². The number of carbonyl (C=O) groups excluding carboxylic acids is 2. The van der Waals surface area contributed by atoms with Gasteiger partial charge in [0.15, 0.2) is 5.78 Å². The van der Waals surface area contributed by atoms with Gasteiger partial charge in [0, 0.05) is 73.1 Å². The number of alkyl halides is 2. The SMILES string of the molecule is CCC(=O)c1cnc(CC(=O)C2CC2)c2[nH]c(-c3c(F)cc(-c4nccn4C)cc3N3CCC(F)(F)C3)cc12. The average molecular weight is 536 g/mol. The third-order valence-electron chi connectivity index (χ3n) is 7.67. The number of benzene rings is 1. The normalized spacial score (nSPS) is 16.8. The second-order valence-electron chi connectivity index (χ2n) is 10.5. The zero-order valence-electron chi connectivity index (χ0n) is 21.7. The third kappa shape index (κ3) is 4.62. The van der Waals surface area contributed by atoms with Crippen molar-refractivity contribution in [2.45, 2.75) is 45.0 Å². The number of pyridine rings is 1. The van der Waals surface area contributed by atoms with Gasteiger partial charge in [-0.05, 0) is 31.0 Å². The first-order chi connectivity index (χ1) is 18.6. The van der Waals surface area contributed by atoms with E-state index in [1.165, 1.54) is 17.2 Å². The molecule has 10 heteroatoms. The van der Waals surface area contributed by atoms with Crippen molar-refractivity contribution in [2.24, 2.45) is 13.0 Å². The van der Waals surface area contributed by atoms with E-state index >= 15 is 4.39 Å². The predicted octanol–water partition coefficient (Wildman–Crippen LogP) is 5.73. The minimum absolute atomic E-state index is 0.0350. The molecule has 1 N–H and O–H groups in total. The summed E-state index contributed by atoms with van der Waals surface area (Å²) >= 11 is 0. The smallest absolute Gasteiger partial charge is 0.266 e. The molecular weight excluding hydrogens is 507 g/mol. The number of hydrogen-bond donors (Lipinski definition) is 1. The zero-order valence-corrected chi connectivity index (χ0v) is 21.7. The van der Waals surface area contributed by atoms with Crippen molar-refractivity contribution in [3.63, 3.8) is 0 Å². The first-order valence-corrected chi connectivity index (χ1v) is 13.2. The quantitative estimate of drug-likeness (QED) is 0.292. The molecule has 39 heavy (non-hydrogen) atoms. The Labute approximate surface area is 223 Å². The van der Waals surface area contributed by atoms with Gasteiger partial charge >= 0.3 is 0 Å². The number of nitrogens with zero attached hydrogens (tertiary/aromatic N) is 4. The Kier molecular flexibility index (Phi) is 6.08. The highest BCUT2D eigenvalue weighted by molar-refractivity contribution is 6.09. The molecule has 0 unspecified atom stereocenters. The summed E-state index contributed by atoms with van der Waals surface area (Å²) in [6, 6.07) is 4.69. The van der Waals surface area contributed by atoms with E-state index in [0.717, 1.165) is 12.8 Å². The molecule has 1 aliphatic carbocycles. The number of aromatic amines is 1. The Hall–Kier alpha value is -3.95. The molecule has 0 atom stereocenters. The first-order valence-electron chi connectivity index (χ1n) is 13.2. The van der Waals surface area contributed by atoms with Crippen molar-refractivity contribution < 1.29 is 22.8 Å². The van der Waals surface area contributed by atoms with E-state index in [2.05, 4.69) is 15.0 Å². The van der Waals surface area contributed by atoms with Gasteiger partial charge in [0.1, 0.15) is 17.4 Å². The fraction of sp³-hybridized carbons (Fsp3) is 0.379. The molecule has 2 fully saturated rings. The Morgan fingerprint density at radius 2 is 1.97 bits per heavy atom. The van der Waals surface area contributed by atoms with Crippen LogP contribution >= 0.6 is 0 Å². The highest BCUT2D eigenvalue weighted by atomic mass is 19.3. The number of imidazole rings is 1. The lowest BCUT2D eigenvalue weighted by atomic mass is 10.0. The van der Waals surface area contributed by atoms with Crippen molar-refractivity contribution in [1.29, 1.82) is 0 Å². The van der Waals surface area contributed by atoms with Crippen LogP contribution in [0.2, 0.25) is 0 Å². The number of ketones is 2. The van der Waals surface area contributed by atoms with Crippen LogP contribution in [0, 0.1) is 11.7 Å². The van der Waals surface area contributed by atoms with Crippen molar-refractivity contribution >= 4 is 28.2 Å². The number of H-pyrrole nitrogens is 1. The molecule has 0 bridgehead atoms. The molecule has 3 aromatic heterocycles. The van der Waals surface area contributed by atoms with Crippen molar-refractivity contribution in [2.75, 3.05) is 18.0 Å². The molecule has 4 aromatic rings. The number of anilines is 1. The summed E-state index contributed by atoms with van der Waals surface area (Å²) < 4.78 is 46.4. The van der Waals surface area contributed by atoms with E-state index in [4.69, 9.17) is 0 Å². The molecular formula is C29H28F3N5O2. The van der Waals surface area contributed by atoms with E-state index in [0.29, 0.717) is 44.9 Å². The highest BCUT2D eigenvalue weighted by Crippen LogP contribution is 2.42. The van der Waals surface area contributed by atoms with E-state index < -0.39 is 18.3 Å². The van der Waals surface area contributed by atoms with Gasteiger partial charge in [-0.15, -0.1) is 0 Å². The number of hydrogen-bond acceptors (Lipinski definition) is 5. The van der Waals surface area contributed by atoms with Gasteiger partial charge in [0.25, 0.3) is 5.92 Å². The second-order valence-corrected chi connectivity index (χ2v) is 10.5. The Balaban J connectivity index is 1.54. The third-order valence-corrected chi connectivity index (χ3v) is 7.67. The number of nitrogens with one attached hydrogen (secondary N) is 1. The van der Waals surface area contributed by atoms with Crippen LogP contribution in [0.25, 0.3) is 33.5 Å². The van der Waals surface area contributed by atoms with Crippen LogP contribution in [-0.4, -0.2) is 50.1 Å². The van der Waals surface area contributed by atoms with E-state index in [1.807, 2.05) is 0 Å². The molecule has 202 valence electrons. The second kappa shape index (κ2) is 9.36. The van der Waals surface area contributed by atoms with Crippen LogP contribution in [0.1, 0.15) is 48.7 Å². The molecule has 1 aromatic carbocycles. The lowest BCUT2D eigenvalue weighted by Crippen LogP contribution is -2.25. The molecule has 1 saturated carbocycles. The summed E-state index contributed by atoms with van der Waals surface area (Å²) in [6.07, 6.45) is 6.54. The topological polar surface area (TPSA) is 83.9 Å². The molecule has 7 nitrogen and oxygen atoms in total. The number of carbonyl (C=O) groups is 2. The molecule has 0 amide bonds. The van der Waals surface area contributed by atoms with Gasteiger partial charge in [0.05, 0.1) is 35.4 Å². The summed E-state index contributed by atoms with van der Waals surface area (Å²) in [5, 5.41) is 0.538. The molecule has 0 spiro atoms. The molecule has 1 aliphatic heterocycles. The fourth-order valence-electron chi connectivity index (χ4n) is 5.39. The van der Waals surface area contributed by atoms with Crippen LogP contribution in [-0.2, 0) is 18.3 Å². The Morgan fingerprint density at radius 3 is 2.62 bits per heavy atom. The van der Waals surface area contributed by atoms with Crippen LogP contribution in [0.5, 0.6) is 0 Å². The number of rotatable bonds is 8. The van der Waals surface area contributed by atoms with Crippen molar-refractivity contribution in [1.82, 2.24) is 19.5 Å². The fourth-order valence-corrected chi connectivity index (χ4v) is 5.39. The van der Waals surface area contributed by atoms with Gasteiger partial charge in [0.2, 0.25) is 0 Å². The minimum Gasteiger partial charge on any atom is -0.365 e. The lowest BCUT2D eigenvalue weighted by molar-refractivity contribution is -0.119. The molecule has 1 saturated heterocycles. The monoisotopic (exact) mass is 535 g/mol. The lowest BCUT2D eigenvalue weighted by Gasteiger charge is -2.23. The van der Waals surface area contributed by atoms with Gasteiger partial charge in [-0.3, -0.25) is 14.6 Å². The predicted molar refractivity (Wildman–Crippen MR) is 142 cm³/mol. The first kappa shape index (κ1) is 25.3. The summed E-state index contributed by atoms with van der Waals surface area (Å²) in [7, 11) is 1.78. The van der Waals surface area contributed by atoms with Crippen LogP contribution in [0.3, 0.4) is 0 Å². The summed E-state index contributed by atoms with van der Waals surface area (Å²) in [5.74, 6) is -3.02. The summed E-state index contributed by atoms with van der Waals surface area (Å²) in [5.41, 5.74) is 2.57. The molecule has 0 radical (unpaired) electrons. The van der Waals surface area contributed by atoms with Gasteiger partial charge in [-0.1, -0.05) is 6.92 Å². The van der Waals surface area contributed by atoms with E-state index in [9.17, 15) is 18.4 Å². The maximum atomic E-state index is 16.0. The molecule has 4 heterocycles. The van der Waals surface area contributed by atoms with Gasteiger partial charge in [-0.2, -0.15) is 0 Å². The molecule has 6 rings (SSSR count). The number of fused-ring (bicyclic) bond motifs is 1. The van der Waals surface area contributed by atoms with Crippen LogP contribution in [0.4, 0.5) is 18.9 Å². The minimum atomic E-state index is -2.89. The van der Waals surface area contributed by atoms with Gasteiger partial charge < -0.3 is 14.5 Å². The highest BCUT2D eigenvalue weighted by Gasteiger charge is 2.40. The number of halogens is 3. The zero-order chi connectivity index (χ0) is 27.5. The largest absolute Gasteiger partial charge is 0.365 e. The van der Waals surface area contributed by atoms with E-state index in [-0.39, 0.29) is 48.9 Å². The summed E-state index contributed by atoms with van der Waals surface area (Å²) in [4.78, 5) is 38.8.